The second kappa shape index (κ2) is 49.3. The maximum atomic E-state index is 2.81. The fourth-order valence-electron chi connectivity index (χ4n) is 32.1. The largest absolute Gasteiger partial charge is 0.305 e. The van der Waals surface area contributed by atoms with Crippen molar-refractivity contribution < 1.29 is 0 Å². The van der Waals surface area contributed by atoms with Crippen molar-refractivity contribution in [2.75, 3.05) is 146 Å². The summed E-state index contributed by atoms with van der Waals surface area (Å²) in [6.45, 7) is 76.1. The molecule has 0 aromatic rings. The van der Waals surface area contributed by atoms with Crippen LogP contribution >= 0.6 is 0 Å². The highest BCUT2D eigenvalue weighted by molar-refractivity contribution is 5.06. The van der Waals surface area contributed by atoms with E-state index in [1.807, 2.05) is 0 Å². The molecule has 19 heterocycles. The molecule has 24 fully saturated rings. The average molecular weight is 1820 g/mol. The van der Waals surface area contributed by atoms with E-state index in [1.54, 1.807) is 0 Å². The number of hydrogen-bond donors (Lipinski definition) is 0. The normalized spacial score (nSPS) is 39.2. The van der Waals surface area contributed by atoms with Crippen molar-refractivity contribution in [2.24, 2.45) is 35.5 Å². The number of fused-ring (bicyclic) bond motifs is 27. The van der Waals surface area contributed by atoms with Gasteiger partial charge in [-0.25, -0.2) is 0 Å². The van der Waals surface area contributed by atoms with Crippen LogP contribution in [0.25, 0.3) is 0 Å². The number of piperidine rings is 5. The zero-order valence-corrected chi connectivity index (χ0v) is 91.2. The zero-order chi connectivity index (χ0) is 93.4. The lowest BCUT2D eigenvalue weighted by molar-refractivity contribution is 0.0301. The number of hydrogen-bond acceptors (Lipinski definition) is 17. The number of piperazine rings is 4. The molecule has 5 saturated carbocycles. The van der Waals surface area contributed by atoms with Gasteiger partial charge in [0.1, 0.15) is 0 Å². The summed E-state index contributed by atoms with van der Waals surface area (Å²) in [5.74, 6) is 6.32. The number of nitrogens with zero attached hydrogens (tertiary/aromatic N) is 17. The number of likely N-dealkylation sites (tertiary alicyclic amines) is 9. The Hall–Kier alpha value is -0.680. The Kier molecular flexibility index (Phi) is 40.5. The molecule has 24 rings (SSSR count). The first-order valence-electron chi connectivity index (χ1n) is 57.5. The van der Waals surface area contributed by atoms with Crippen LogP contribution in [0, 0.1) is 35.5 Å². The minimum absolute atomic E-state index is 0.729. The van der Waals surface area contributed by atoms with Crippen molar-refractivity contribution in [2.45, 2.75) is 546 Å². The molecule has 0 aromatic heterocycles. The second-order valence-electron chi connectivity index (χ2n) is 51.5. The highest BCUT2D eigenvalue weighted by Gasteiger charge is 2.50. The monoisotopic (exact) mass is 1810 g/mol. The third-order valence-electron chi connectivity index (χ3n) is 39.4. The summed E-state index contributed by atoms with van der Waals surface area (Å²) in [5, 5.41) is 0. The molecule has 24 aliphatic rings. The maximum Gasteiger partial charge on any atom is 0.0255 e. The van der Waals surface area contributed by atoms with Gasteiger partial charge in [0.25, 0.3) is 0 Å². The van der Waals surface area contributed by atoms with Crippen molar-refractivity contribution in [1.29, 1.82) is 0 Å². The molecule has 0 radical (unpaired) electrons. The summed E-state index contributed by atoms with van der Waals surface area (Å²) in [6.07, 6.45) is 48.3. The highest BCUT2D eigenvalue weighted by Crippen LogP contribution is 2.47. The third-order valence-corrected chi connectivity index (χ3v) is 39.4. The Morgan fingerprint density at radius 2 is 0.569 bits per heavy atom. The molecule has 5 aliphatic carbocycles. The van der Waals surface area contributed by atoms with Gasteiger partial charge in [-0.05, 0) is 461 Å². The lowest BCUT2D eigenvalue weighted by Crippen LogP contribution is -2.56. The summed E-state index contributed by atoms with van der Waals surface area (Å²) >= 11 is 0. The van der Waals surface area contributed by atoms with Gasteiger partial charge in [0, 0.05) is 260 Å². The van der Waals surface area contributed by atoms with E-state index < -0.39 is 0 Å². The second-order valence-corrected chi connectivity index (χ2v) is 51.5. The van der Waals surface area contributed by atoms with Crippen LogP contribution in [0.15, 0.2) is 0 Å². The van der Waals surface area contributed by atoms with E-state index >= 15 is 0 Å². The summed E-state index contributed by atoms with van der Waals surface area (Å²) in [7, 11) is 11.4. The van der Waals surface area contributed by atoms with E-state index in [4.69, 9.17) is 0 Å². The van der Waals surface area contributed by atoms with E-state index in [0.29, 0.717) is 0 Å². The summed E-state index contributed by atoms with van der Waals surface area (Å²) in [4.78, 5) is 45.1. The summed E-state index contributed by atoms with van der Waals surface area (Å²) in [6, 6.07) is 24.5. The van der Waals surface area contributed by atoms with Gasteiger partial charge < -0.3 is 14.7 Å². The molecular weight excluding hydrogens is 1600 g/mol. The van der Waals surface area contributed by atoms with Gasteiger partial charge in [-0.15, -0.1) is 0 Å². The van der Waals surface area contributed by atoms with Gasteiger partial charge in [0.05, 0.1) is 0 Å². The van der Waals surface area contributed by atoms with Crippen LogP contribution in [0.3, 0.4) is 0 Å². The first-order valence-corrected chi connectivity index (χ1v) is 57.5. The Morgan fingerprint density at radius 3 is 1.04 bits per heavy atom. The first kappa shape index (κ1) is 107. The van der Waals surface area contributed by atoms with E-state index in [9.17, 15) is 0 Å². The molecule has 0 aromatic carbocycles. The van der Waals surface area contributed by atoms with Crippen LogP contribution in [0.2, 0.25) is 0 Å². The van der Waals surface area contributed by atoms with Gasteiger partial charge >= 0.3 is 0 Å². The van der Waals surface area contributed by atoms with Crippen LogP contribution in [0.1, 0.15) is 371 Å². The molecule has 17 heteroatoms. The van der Waals surface area contributed by atoms with Gasteiger partial charge in [-0.1, -0.05) is 6.92 Å². The third kappa shape index (κ3) is 27.6. The zero-order valence-electron chi connectivity index (χ0n) is 91.2. The van der Waals surface area contributed by atoms with E-state index in [-0.39, 0.29) is 0 Å². The molecule has 0 amide bonds. The predicted octanol–water partition coefficient (Wildman–Crippen LogP) is 19.2. The molecule has 21 atom stereocenters. The van der Waals surface area contributed by atoms with Crippen LogP contribution < -0.4 is 0 Å². The molecule has 0 spiro atoms. The smallest absolute Gasteiger partial charge is 0.0255 e. The Bertz CT molecular complexity index is 3090. The Labute approximate surface area is 806 Å². The highest BCUT2D eigenvalue weighted by atomic mass is 15.4. The van der Waals surface area contributed by atoms with Gasteiger partial charge in [0.2, 0.25) is 0 Å². The molecule has 19 aliphatic heterocycles. The van der Waals surface area contributed by atoms with Crippen LogP contribution in [0.4, 0.5) is 0 Å². The van der Waals surface area contributed by atoms with Gasteiger partial charge in [-0.3, -0.25) is 68.6 Å². The molecule has 130 heavy (non-hydrogen) atoms. The fraction of sp³-hybridized carbons (Fsp3) is 1.00. The molecule has 0 N–H and O–H groups in total. The lowest BCUT2D eigenvalue weighted by Gasteiger charge is -2.45. The fourth-order valence-corrected chi connectivity index (χ4v) is 32.1. The minimum Gasteiger partial charge on any atom is -0.305 e. The van der Waals surface area contributed by atoms with E-state index in [2.05, 4.69) is 278 Å². The summed E-state index contributed by atoms with van der Waals surface area (Å²) in [5.41, 5.74) is 0. The van der Waals surface area contributed by atoms with E-state index in [1.165, 1.54) is 323 Å². The molecular formula is C113H219N17. The molecule has 19 saturated heterocycles. The average Bonchev–Trinajstić information content (AvgIpc) is 1.61. The summed E-state index contributed by atoms with van der Waals surface area (Å²) < 4.78 is 0. The first-order chi connectivity index (χ1) is 61.9. The standard InChI is InChI=1S/C12H22N2.2C11H22N2.2C11H21N.2C10H20N2.C10H19N.C9H18N2.2C9H17N/c1-9(2)13-5-6-14-11-4-3-10(7-11)12(14)8-13;1-9(2)13-7-6-10-4-5-11(8-13)12(10)3;1-9(2)13-10-4-5-11(13)8-12(3)7-6-10;1-8(2)12-10-4-5-11(12)7-9(3)6-10;1-9(2)12-8-7-10-3-5-11(12)6-4-10;1-8(2)12-6-9-4-5-10(7-12)11(9)3;1-8(2)12-9-4-5-10(12)7-11(3)6-9;1-8(2)11-6-5-9-3-4-10(11)7-9;1-7(2)11-6-8-4-9(11)5-10(8)3;2*1-7(2)10-6-8-3-4-9(10)5-8/h9-12H,3-8H2,1-2H3;2*9-11H,4-8H2,1-3H3;8-11H,4-7H2,1-3H3;9-11H,3-8H2,1-2H3;2*8-10H,4-7H2,1-3H3;8-10H,3-7H2,1-2H3;7-9H,4-6H2,1-3H3;2*7-9H,3-6H2,1-2H3. The molecule has 22 bridgehead atoms. The van der Waals surface area contributed by atoms with Crippen molar-refractivity contribution in [3.8, 4) is 0 Å². The van der Waals surface area contributed by atoms with Crippen molar-refractivity contribution >= 4 is 0 Å². The van der Waals surface area contributed by atoms with Crippen LogP contribution in [-0.4, -0.2) is 405 Å². The molecule has 21 unspecified atom stereocenters. The lowest BCUT2D eigenvalue weighted by atomic mass is 9.86. The quantitative estimate of drug-likeness (QED) is 0.197. The Morgan fingerprint density at radius 1 is 0.192 bits per heavy atom. The van der Waals surface area contributed by atoms with Crippen molar-refractivity contribution in [1.82, 2.24) is 83.3 Å². The van der Waals surface area contributed by atoms with Gasteiger partial charge in [0.15, 0.2) is 0 Å². The van der Waals surface area contributed by atoms with Crippen LogP contribution in [-0.2, 0) is 0 Å². The topological polar surface area (TPSA) is 55.1 Å². The van der Waals surface area contributed by atoms with Crippen LogP contribution in [0.5, 0.6) is 0 Å². The molecule has 756 valence electrons. The molecule has 17 nitrogen and oxygen atoms in total. The number of rotatable bonds is 11. The van der Waals surface area contributed by atoms with Crippen molar-refractivity contribution in [3.05, 3.63) is 0 Å². The predicted molar refractivity (Wildman–Crippen MR) is 557 cm³/mol. The van der Waals surface area contributed by atoms with Crippen molar-refractivity contribution in [3.63, 3.8) is 0 Å². The Balaban J connectivity index is 0.000000122. The SMILES string of the molecule is CC(C)N1C2CCC1CN(C)C2.CC(C)N1C2CCC1CN(C)CC2.CC(C)N1CC2CC1CN2C.CC(C)N1CC2CCC(C1)N2C.CC(C)N1CC2CCC1C2.CC(C)N1CC2CCC1C2.CC(C)N1CCC2CCC(C1)N2C.CC(C)N1CCC2CCC1C2.CC(C)N1CCC2CCC1CC2.CC(C)N1CCN2C3CCC(C3)C2C1.CC1CC2CCC(C1)N2C(C)C. The maximum absolute atomic E-state index is 2.81. The minimum atomic E-state index is 0.729. The number of likely N-dealkylation sites (N-methyl/N-ethyl adjacent to an activating group) is 5. The van der Waals surface area contributed by atoms with Gasteiger partial charge in [-0.2, -0.15) is 0 Å². The van der Waals surface area contributed by atoms with E-state index in [0.717, 1.165) is 211 Å².